The summed E-state index contributed by atoms with van der Waals surface area (Å²) in [5.41, 5.74) is 11.0. The molecule has 0 saturated heterocycles. The van der Waals surface area contributed by atoms with Crippen LogP contribution in [0.1, 0.15) is 306 Å². The van der Waals surface area contributed by atoms with Crippen LogP contribution in [0.3, 0.4) is 0 Å². The smallest absolute Gasteiger partial charge is 0.00676 e. The Labute approximate surface area is 404 Å². The fraction of sp³-hybridized carbons (Fsp3) is 0.900. The first-order chi connectivity index (χ1) is 30.9. The molecule has 0 nitrogen and oxygen atoms in total. The van der Waals surface area contributed by atoms with E-state index in [9.17, 15) is 0 Å². The molecule has 0 aliphatic rings. The number of hydrogen-bond acceptors (Lipinski definition) is 0. The van der Waals surface area contributed by atoms with Gasteiger partial charge in [-0.25, -0.2) is 0 Å². The van der Waals surface area contributed by atoms with Gasteiger partial charge in [-0.15, -0.1) is 23.8 Å². The van der Waals surface area contributed by atoms with Gasteiger partial charge in [0.2, 0.25) is 0 Å². The van der Waals surface area contributed by atoms with Gasteiger partial charge in [0.15, 0.2) is 0 Å². The molecule has 0 bridgehead atoms. The van der Waals surface area contributed by atoms with E-state index in [1.807, 2.05) is 16.7 Å². The summed E-state index contributed by atoms with van der Waals surface area (Å²) in [6.07, 6.45) is 65.5. The fourth-order valence-electron chi connectivity index (χ4n) is 10.3. The quantitative estimate of drug-likeness (QED) is 0.0451. The molecule has 0 radical (unpaired) electrons. The second-order valence-corrected chi connectivity index (χ2v) is 28.4. The van der Waals surface area contributed by atoms with Crippen LogP contribution in [-0.4, -0.2) is 37.0 Å². The molecular formula is C60H117P3. The van der Waals surface area contributed by atoms with Crippen molar-refractivity contribution in [2.75, 3.05) is 37.0 Å². The summed E-state index contributed by atoms with van der Waals surface area (Å²) in [7, 11) is 0.148. The van der Waals surface area contributed by atoms with Gasteiger partial charge in [0.1, 0.15) is 0 Å². The van der Waals surface area contributed by atoms with Gasteiger partial charge in [0.25, 0.3) is 0 Å². The Morgan fingerprint density at radius 2 is 0.349 bits per heavy atom. The molecule has 0 fully saturated rings. The van der Waals surface area contributed by atoms with Crippen LogP contribution < -0.4 is 0 Å². The third kappa shape index (κ3) is 32.0. The summed E-state index contributed by atoms with van der Waals surface area (Å²) in [6, 6.07) is 0. The summed E-state index contributed by atoms with van der Waals surface area (Å²) in [4.78, 5) is 0. The topological polar surface area (TPSA) is 0 Å². The van der Waals surface area contributed by atoms with Gasteiger partial charge in [-0.2, -0.15) is 0 Å². The summed E-state index contributed by atoms with van der Waals surface area (Å²) in [6.45, 7) is 22.2. The third-order valence-corrected chi connectivity index (χ3v) is 22.8. The Morgan fingerprint density at radius 3 is 0.508 bits per heavy atom. The van der Waals surface area contributed by atoms with E-state index in [0.29, 0.717) is 0 Å². The molecule has 1 rings (SSSR count). The lowest BCUT2D eigenvalue weighted by Crippen LogP contribution is -2.10. The molecule has 0 spiro atoms. The van der Waals surface area contributed by atoms with Crippen LogP contribution in [0, 0.1) is 20.8 Å². The van der Waals surface area contributed by atoms with Crippen LogP contribution >= 0.6 is 23.8 Å². The molecule has 0 heterocycles. The van der Waals surface area contributed by atoms with Crippen LogP contribution in [0.15, 0.2) is 0 Å². The molecule has 0 N–H and O–H groups in total. The van der Waals surface area contributed by atoms with Gasteiger partial charge in [-0.1, -0.05) is 234 Å². The van der Waals surface area contributed by atoms with Gasteiger partial charge in [-0.3, -0.25) is 0 Å². The average Bonchev–Trinajstić information content (AvgIpc) is 3.28. The van der Waals surface area contributed by atoms with Crippen LogP contribution in [-0.2, 0) is 18.5 Å². The minimum atomic E-state index is 0.0492. The largest absolute Gasteiger partial charge is 0.102 e. The molecule has 1 aromatic carbocycles. The second kappa shape index (κ2) is 45.0. The highest BCUT2D eigenvalue weighted by Crippen LogP contribution is 2.51. The number of benzene rings is 1. The van der Waals surface area contributed by atoms with Gasteiger partial charge in [0, 0.05) is 0 Å². The third-order valence-electron chi connectivity index (χ3n) is 14.8. The molecule has 0 unspecified atom stereocenters. The van der Waals surface area contributed by atoms with Crippen molar-refractivity contribution in [3.05, 3.63) is 33.4 Å². The van der Waals surface area contributed by atoms with Crippen molar-refractivity contribution in [2.45, 2.75) is 312 Å². The molecule has 63 heavy (non-hydrogen) atoms. The van der Waals surface area contributed by atoms with E-state index in [2.05, 4.69) is 62.3 Å². The molecule has 1 aromatic rings. The fourth-order valence-corrected chi connectivity index (χ4v) is 18.7. The zero-order valence-corrected chi connectivity index (χ0v) is 47.8. The highest BCUT2D eigenvalue weighted by atomic mass is 31.1. The first kappa shape index (κ1) is 61.5. The maximum atomic E-state index is 2.65. The molecule has 372 valence electrons. The standard InChI is InChI=1S/C60H117P3/c1-10-16-22-28-34-40-46-61(47-41-35-29-23-17-11-2)52-58-55(7)59(53-62(48-42-36-30-24-18-12-3)49-43-37-31-25-19-13-4)57(9)60(56(58)8)54-63(50-44-38-32-26-20-14-5)51-45-39-33-27-21-15-6/h10-54H2,1-9H3. The van der Waals surface area contributed by atoms with Gasteiger partial charge >= 0.3 is 0 Å². The van der Waals surface area contributed by atoms with Crippen molar-refractivity contribution in [3.8, 4) is 0 Å². The number of unbranched alkanes of at least 4 members (excludes halogenated alkanes) is 30. The van der Waals surface area contributed by atoms with E-state index in [4.69, 9.17) is 0 Å². The molecular weight excluding hydrogens is 814 g/mol. The summed E-state index contributed by atoms with van der Waals surface area (Å²) >= 11 is 0. The van der Waals surface area contributed by atoms with Crippen LogP contribution in [0.25, 0.3) is 0 Å². The van der Waals surface area contributed by atoms with E-state index in [1.165, 1.54) is 287 Å². The molecule has 0 aliphatic carbocycles. The van der Waals surface area contributed by atoms with Crippen LogP contribution in [0.2, 0.25) is 0 Å². The predicted octanol–water partition coefficient (Wildman–Crippen LogP) is 22.7. The van der Waals surface area contributed by atoms with E-state index < -0.39 is 0 Å². The molecule has 0 saturated carbocycles. The lowest BCUT2D eigenvalue weighted by atomic mass is 9.90. The van der Waals surface area contributed by atoms with Gasteiger partial charge in [0.05, 0.1) is 0 Å². The van der Waals surface area contributed by atoms with E-state index in [-0.39, 0.29) is 23.8 Å². The molecule has 0 atom stereocenters. The van der Waals surface area contributed by atoms with Crippen molar-refractivity contribution in [2.24, 2.45) is 0 Å². The zero-order chi connectivity index (χ0) is 46.0. The van der Waals surface area contributed by atoms with Crippen molar-refractivity contribution >= 4 is 23.8 Å². The number of rotatable bonds is 48. The van der Waals surface area contributed by atoms with Crippen molar-refractivity contribution < 1.29 is 0 Å². The van der Waals surface area contributed by atoms with Gasteiger partial charge < -0.3 is 0 Å². The van der Waals surface area contributed by atoms with Crippen molar-refractivity contribution in [1.29, 1.82) is 0 Å². The van der Waals surface area contributed by atoms with Crippen molar-refractivity contribution in [3.63, 3.8) is 0 Å². The molecule has 0 aliphatic heterocycles. The average molecular weight is 932 g/mol. The maximum Gasteiger partial charge on any atom is -0.00676 e. The minimum absolute atomic E-state index is 0.0492. The SMILES string of the molecule is CCCCCCCCP(CCCCCCCC)Cc1c(C)c(CP(CCCCCCCC)CCCCCCCC)c(C)c(CP(CCCCCCCC)CCCCCCCC)c1C. The normalized spacial score (nSPS) is 12.0. The highest BCUT2D eigenvalue weighted by molar-refractivity contribution is 7.57. The van der Waals surface area contributed by atoms with Crippen LogP contribution in [0.5, 0.6) is 0 Å². The Kier molecular flexibility index (Phi) is 43.9. The second-order valence-electron chi connectivity index (χ2n) is 20.7. The Bertz CT molecular complexity index is 920. The van der Waals surface area contributed by atoms with Crippen LogP contribution in [0.4, 0.5) is 0 Å². The van der Waals surface area contributed by atoms with E-state index in [1.54, 1.807) is 16.7 Å². The Balaban J connectivity index is 3.62. The summed E-state index contributed by atoms with van der Waals surface area (Å²) in [5, 5.41) is 0. The highest BCUT2D eigenvalue weighted by Gasteiger charge is 2.24. The monoisotopic (exact) mass is 931 g/mol. The first-order valence-corrected chi connectivity index (χ1v) is 34.8. The zero-order valence-electron chi connectivity index (χ0n) is 45.2. The van der Waals surface area contributed by atoms with E-state index >= 15 is 0 Å². The maximum absolute atomic E-state index is 2.65. The van der Waals surface area contributed by atoms with Gasteiger partial charge in [-0.05, 0) is 148 Å². The Morgan fingerprint density at radius 1 is 0.206 bits per heavy atom. The minimum Gasteiger partial charge on any atom is -0.102 e. The lowest BCUT2D eigenvalue weighted by Gasteiger charge is -2.29. The summed E-state index contributed by atoms with van der Waals surface area (Å²) < 4.78 is 0. The van der Waals surface area contributed by atoms with Crippen molar-refractivity contribution in [1.82, 2.24) is 0 Å². The lowest BCUT2D eigenvalue weighted by molar-refractivity contribution is 0.621. The number of hydrogen-bond donors (Lipinski definition) is 0. The Hall–Kier alpha value is 0.510. The molecule has 0 amide bonds. The summed E-state index contributed by atoms with van der Waals surface area (Å²) in [5.74, 6) is 0. The molecule has 3 heteroatoms. The molecule has 0 aromatic heterocycles. The predicted molar refractivity (Wildman–Crippen MR) is 302 cm³/mol. The van der Waals surface area contributed by atoms with E-state index in [0.717, 1.165) is 0 Å². The first-order valence-electron chi connectivity index (χ1n) is 29.1.